The number of carbonyl (C=O) groups excluding carboxylic acids is 1. The fourth-order valence-electron chi connectivity index (χ4n) is 2.23. The van der Waals surface area contributed by atoms with Gasteiger partial charge in [-0.05, 0) is 25.5 Å². The lowest BCUT2D eigenvalue weighted by molar-refractivity contribution is -0.122. The SMILES string of the molecule is CC[C@@H](Oc1ccccc1Cl)C(=O)Nc1c(C)nn(C)c1OC. The molecule has 0 saturated carbocycles. The van der Waals surface area contributed by atoms with Gasteiger partial charge in [-0.2, -0.15) is 5.10 Å². The van der Waals surface area contributed by atoms with Crippen LogP contribution in [0.4, 0.5) is 5.69 Å². The van der Waals surface area contributed by atoms with Crippen LogP contribution in [-0.4, -0.2) is 28.9 Å². The Balaban J connectivity index is 2.17. The highest BCUT2D eigenvalue weighted by molar-refractivity contribution is 6.32. The fraction of sp³-hybridized carbons (Fsp3) is 0.375. The number of benzene rings is 1. The summed E-state index contributed by atoms with van der Waals surface area (Å²) in [6.07, 6.45) is -0.169. The van der Waals surface area contributed by atoms with Crippen molar-refractivity contribution in [1.82, 2.24) is 9.78 Å². The van der Waals surface area contributed by atoms with Gasteiger partial charge in [-0.15, -0.1) is 0 Å². The van der Waals surface area contributed by atoms with Crippen molar-refractivity contribution in [2.24, 2.45) is 7.05 Å². The first-order chi connectivity index (χ1) is 11.0. The molecule has 1 atom stereocenters. The van der Waals surface area contributed by atoms with Gasteiger partial charge in [0.05, 0.1) is 17.8 Å². The molecule has 124 valence electrons. The molecule has 1 amide bonds. The summed E-state index contributed by atoms with van der Waals surface area (Å²) >= 11 is 6.08. The number of nitrogens with zero attached hydrogens (tertiary/aromatic N) is 2. The first-order valence-electron chi connectivity index (χ1n) is 7.27. The van der Waals surface area contributed by atoms with E-state index in [1.807, 2.05) is 6.92 Å². The van der Waals surface area contributed by atoms with Crippen LogP contribution in [0.2, 0.25) is 5.02 Å². The van der Waals surface area contributed by atoms with Crippen LogP contribution < -0.4 is 14.8 Å². The Kier molecular flexibility index (Phi) is 5.50. The predicted molar refractivity (Wildman–Crippen MR) is 89.3 cm³/mol. The summed E-state index contributed by atoms with van der Waals surface area (Å²) in [5.41, 5.74) is 1.21. The first-order valence-corrected chi connectivity index (χ1v) is 7.65. The molecule has 23 heavy (non-hydrogen) atoms. The summed E-state index contributed by atoms with van der Waals surface area (Å²) in [5.74, 6) is 0.691. The summed E-state index contributed by atoms with van der Waals surface area (Å²) in [4.78, 5) is 12.5. The number of hydrogen-bond donors (Lipinski definition) is 1. The second kappa shape index (κ2) is 7.37. The Morgan fingerprint density at radius 1 is 1.43 bits per heavy atom. The fourth-order valence-corrected chi connectivity index (χ4v) is 2.41. The molecule has 7 heteroatoms. The van der Waals surface area contributed by atoms with Crippen molar-refractivity contribution in [3.05, 3.63) is 35.0 Å². The van der Waals surface area contributed by atoms with Gasteiger partial charge in [-0.3, -0.25) is 4.79 Å². The van der Waals surface area contributed by atoms with E-state index in [1.54, 1.807) is 42.9 Å². The number of ether oxygens (including phenoxy) is 2. The normalized spacial score (nSPS) is 11.9. The summed E-state index contributed by atoms with van der Waals surface area (Å²) in [7, 11) is 3.28. The first kappa shape index (κ1) is 17.1. The number of methoxy groups -OCH3 is 1. The zero-order chi connectivity index (χ0) is 17.0. The Morgan fingerprint density at radius 2 is 2.13 bits per heavy atom. The quantitative estimate of drug-likeness (QED) is 0.879. The molecule has 2 rings (SSSR count). The van der Waals surface area contributed by atoms with E-state index in [9.17, 15) is 4.79 Å². The highest BCUT2D eigenvalue weighted by Gasteiger charge is 2.23. The van der Waals surface area contributed by atoms with Crippen LogP contribution in [0.15, 0.2) is 24.3 Å². The van der Waals surface area contributed by atoms with Crippen molar-refractivity contribution in [2.75, 3.05) is 12.4 Å². The Morgan fingerprint density at radius 3 is 2.74 bits per heavy atom. The third-order valence-electron chi connectivity index (χ3n) is 3.38. The lowest BCUT2D eigenvalue weighted by Gasteiger charge is -2.18. The van der Waals surface area contributed by atoms with Crippen molar-refractivity contribution in [2.45, 2.75) is 26.4 Å². The maximum atomic E-state index is 12.5. The number of hydrogen-bond acceptors (Lipinski definition) is 4. The van der Waals surface area contributed by atoms with Crippen molar-refractivity contribution in [3.63, 3.8) is 0 Å². The molecule has 0 unspecified atom stereocenters. The predicted octanol–water partition coefficient (Wildman–Crippen LogP) is 3.19. The van der Waals surface area contributed by atoms with Crippen LogP contribution in [0.3, 0.4) is 0 Å². The Labute approximate surface area is 140 Å². The van der Waals surface area contributed by atoms with Crippen LogP contribution in [0, 0.1) is 6.92 Å². The Hall–Kier alpha value is -2.21. The van der Waals surface area contributed by atoms with Crippen LogP contribution in [0.5, 0.6) is 11.6 Å². The van der Waals surface area contributed by atoms with E-state index in [2.05, 4.69) is 10.4 Å². The van der Waals surface area contributed by atoms with E-state index in [1.165, 1.54) is 7.11 Å². The van der Waals surface area contributed by atoms with Crippen molar-refractivity contribution in [1.29, 1.82) is 0 Å². The third kappa shape index (κ3) is 3.76. The van der Waals surface area contributed by atoms with E-state index in [4.69, 9.17) is 21.1 Å². The second-order valence-electron chi connectivity index (χ2n) is 5.03. The lowest BCUT2D eigenvalue weighted by atomic mass is 10.2. The molecule has 0 aliphatic carbocycles. The molecule has 1 N–H and O–H groups in total. The molecule has 6 nitrogen and oxygen atoms in total. The van der Waals surface area contributed by atoms with Crippen molar-refractivity contribution in [3.8, 4) is 11.6 Å². The molecule has 0 radical (unpaired) electrons. The number of para-hydroxylation sites is 1. The number of aromatic nitrogens is 2. The number of aryl methyl sites for hydroxylation is 2. The molecule has 0 saturated heterocycles. The molecular weight excluding hydrogens is 318 g/mol. The molecular formula is C16H20ClN3O3. The summed E-state index contributed by atoms with van der Waals surface area (Å²) in [6, 6.07) is 7.06. The lowest BCUT2D eigenvalue weighted by Crippen LogP contribution is -2.32. The molecule has 0 bridgehead atoms. The monoisotopic (exact) mass is 337 g/mol. The minimum absolute atomic E-state index is 0.276. The summed E-state index contributed by atoms with van der Waals surface area (Å²) < 4.78 is 12.6. The van der Waals surface area contributed by atoms with Crippen molar-refractivity contribution < 1.29 is 14.3 Å². The zero-order valence-corrected chi connectivity index (χ0v) is 14.3. The van der Waals surface area contributed by atoms with E-state index in [0.29, 0.717) is 34.5 Å². The average Bonchev–Trinajstić information content (AvgIpc) is 2.79. The third-order valence-corrected chi connectivity index (χ3v) is 3.69. The van der Waals surface area contributed by atoms with E-state index < -0.39 is 6.10 Å². The van der Waals surface area contributed by atoms with E-state index in [0.717, 1.165) is 0 Å². The molecule has 0 aliphatic rings. The topological polar surface area (TPSA) is 65.4 Å². The van der Waals surface area contributed by atoms with Crippen molar-refractivity contribution >= 4 is 23.2 Å². The van der Waals surface area contributed by atoms with Gasteiger partial charge in [0.25, 0.3) is 5.91 Å². The standard InChI is InChI=1S/C16H20ClN3O3/c1-5-12(23-13-9-7-6-8-11(13)17)15(21)18-14-10(2)19-20(3)16(14)22-4/h6-9,12H,5H2,1-4H3,(H,18,21)/t12-/m1/s1. The second-order valence-corrected chi connectivity index (χ2v) is 5.43. The molecule has 2 aromatic rings. The molecule has 0 spiro atoms. The summed E-state index contributed by atoms with van der Waals surface area (Å²) in [5, 5.41) is 7.53. The van der Waals surface area contributed by atoms with Crippen LogP contribution in [0.1, 0.15) is 19.0 Å². The highest BCUT2D eigenvalue weighted by atomic mass is 35.5. The largest absolute Gasteiger partial charge is 0.480 e. The van der Waals surface area contributed by atoms with Gasteiger partial charge >= 0.3 is 0 Å². The van der Waals surface area contributed by atoms with Gasteiger partial charge < -0.3 is 14.8 Å². The Bertz CT molecular complexity index is 700. The van der Waals surface area contributed by atoms with Gasteiger partial charge in [0.1, 0.15) is 11.4 Å². The molecule has 1 aromatic heterocycles. The average molecular weight is 338 g/mol. The molecule has 1 heterocycles. The smallest absolute Gasteiger partial charge is 0.265 e. The van der Waals surface area contributed by atoms with Gasteiger partial charge in [0, 0.05) is 7.05 Å². The molecule has 1 aromatic carbocycles. The van der Waals surface area contributed by atoms with Crippen LogP contribution >= 0.6 is 11.6 Å². The zero-order valence-electron chi connectivity index (χ0n) is 13.6. The van der Waals surface area contributed by atoms with Gasteiger partial charge in [0.15, 0.2) is 6.10 Å². The number of amides is 1. The maximum Gasteiger partial charge on any atom is 0.265 e. The van der Waals surface area contributed by atoms with Gasteiger partial charge in [0.2, 0.25) is 5.88 Å². The number of rotatable bonds is 6. The van der Waals surface area contributed by atoms with Crippen LogP contribution in [0.25, 0.3) is 0 Å². The minimum atomic E-state index is -0.667. The highest BCUT2D eigenvalue weighted by Crippen LogP contribution is 2.28. The van der Waals surface area contributed by atoms with E-state index in [-0.39, 0.29) is 5.91 Å². The van der Waals surface area contributed by atoms with E-state index >= 15 is 0 Å². The van der Waals surface area contributed by atoms with Gasteiger partial charge in [-0.1, -0.05) is 30.7 Å². The molecule has 0 fully saturated rings. The number of nitrogens with one attached hydrogen (secondary N) is 1. The van der Waals surface area contributed by atoms with Gasteiger partial charge in [-0.25, -0.2) is 4.68 Å². The van der Waals surface area contributed by atoms with Crippen LogP contribution in [-0.2, 0) is 11.8 Å². The molecule has 0 aliphatic heterocycles. The maximum absolute atomic E-state index is 12.5. The number of anilines is 1. The number of carbonyl (C=O) groups is 1. The summed E-state index contributed by atoms with van der Waals surface area (Å²) in [6.45, 7) is 3.67. The number of halogens is 1. The minimum Gasteiger partial charge on any atom is -0.480 e.